The summed E-state index contributed by atoms with van der Waals surface area (Å²) in [5.41, 5.74) is 1.53. The van der Waals surface area contributed by atoms with Crippen molar-refractivity contribution in [2.45, 2.75) is 19.8 Å². The number of rotatable bonds is 4. The predicted molar refractivity (Wildman–Crippen MR) is 102 cm³/mol. The molecule has 0 bridgehead atoms. The van der Waals surface area contributed by atoms with E-state index >= 15 is 0 Å². The number of benzene rings is 2. The second-order valence-electron chi connectivity index (χ2n) is 6.68. The minimum Gasteiger partial charge on any atom is -0.339 e. The fourth-order valence-electron chi connectivity index (χ4n) is 3.23. The van der Waals surface area contributed by atoms with Gasteiger partial charge < -0.3 is 10.2 Å². The molecule has 7 heteroatoms. The Morgan fingerprint density at radius 1 is 1.11 bits per heavy atom. The van der Waals surface area contributed by atoms with E-state index in [9.17, 15) is 19.7 Å². The van der Waals surface area contributed by atoms with Crippen LogP contribution >= 0.6 is 0 Å². The molecule has 2 aromatic carbocycles. The number of nitro groups is 1. The van der Waals surface area contributed by atoms with Gasteiger partial charge in [0, 0.05) is 41.9 Å². The number of nitro benzene ring substituents is 1. The first-order chi connectivity index (χ1) is 13.0. The predicted octanol–water partition coefficient (Wildman–Crippen LogP) is 3.39. The molecular weight excluding hydrogens is 346 g/mol. The van der Waals surface area contributed by atoms with E-state index in [0.717, 1.165) is 5.69 Å². The second-order valence-corrected chi connectivity index (χ2v) is 6.68. The molecule has 140 valence electrons. The molecule has 1 aliphatic rings. The van der Waals surface area contributed by atoms with E-state index in [-0.39, 0.29) is 23.4 Å². The smallest absolute Gasteiger partial charge is 0.273 e. The Bertz CT molecular complexity index is 859. The number of anilines is 1. The van der Waals surface area contributed by atoms with Gasteiger partial charge in [0.05, 0.1) is 4.92 Å². The number of aryl methyl sites for hydroxylation is 1. The van der Waals surface area contributed by atoms with Crippen LogP contribution in [0.15, 0.2) is 48.5 Å². The molecule has 0 aromatic heterocycles. The fourth-order valence-corrected chi connectivity index (χ4v) is 3.23. The van der Waals surface area contributed by atoms with Gasteiger partial charge in [-0.1, -0.05) is 24.3 Å². The summed E-state index contributed by atoms with van der Waals surface area (Å²) in [6, 6.07) is 13.8. The Labute approximate surface area is 157 Å². The molecule has 0 radical (unpaired) electrons. The maximum atomic E-state index is 12.7. The number of para-hydroxylation sites is 1. The van der Waals surface area contributed by atoms with Crippen LogP contribution in [-0.4, -0.2) is 34.7 Å². The van der Waals surface area contributed by atoms with Gasteiger partial charge in [0.25, 0.3) is 11.6 Å². The van der Waals surface area contributed by atoms with Gasteiger partial charge in [-0.2, -0.15) is 0 Å². The Kier molecular flexibility index (Phi) is 5.49. The highest BCUT2D eigenvalue weighted by molar-refractivity contribution is 5.96. The van der Waals surface area contributed by atoms with E-state index < -0.39 is 4.92 Å². The zero-order valence-electron chi connectivity index (χ0n) is 15.1. The molecule has 27 heavy (non-hydrogen) atoms. The van der Waals surface area contributed by atoms with Crippen LogP contribution in [-0.2, 0) is 4.79 Å². The number of carbonyl (C=O) groups excluding carboxylic acids is 2. The lowest BCUT2D eigenvalue weighted by Gasteiger charge is -2.31. The van der Waals surface area contributed by atoms with Gasteiger partial charge in [0.1, 0.15) is 0 Å². The maximum absolute atomic E-state index is 12.7. The summed E-state index contributed by atoms with van der Waals surface area (Å²) >= 11 is 0. The number of amides is 2. The Morgan fingerprint density at radius 3 is 2.41 bits per heavy atom. The van der Waals surface area contributed by atoms with Gasteiger partial charge in [-0.3, -0.25) is 19.7 Å². The normalized spacial score (nSPS) is 14.6. The summed E-state index contributed by atoms with van der Waals surface area (Å²) in [4.78, 5) is 37.3. The van der Waals surface area contributed by atoms with E-state index in [1.807, 2.05) is 30.3 Å². The fraction of sp³-hybridized carbons (Fsp3) is 0.300. The molecule has 1 N–H and O–H groups in total. The summed E-state index contributed by atoms with van der Waals surface area (Å²) in [5, 5.41) is 14.0. The maximum Gasteiger partial charge on any atom is 0.273 e. The summed E-state index contributed by atoms with van der Waals surface area (Å²) in [6.45, 7) is 2.55. The van der Waals surface area contributed by atoms with E-state index in [1.165, 1.54) is 6.07 Å². The lowest BCUT2D eigenvalue weighted by atomic mass is 9.95. The van der Waals surface area contributed by atoms with Crippen LogP contribution in [0.4, 0.5) is 11.4 Å². The molecule has 2 amide bonds. The zero-order chi connectivity index (χ0) is 19.4. The third kappa shape index (κ3) is 4.31. The van der Waals surface area contributed by atoms with Crippen molar-refractivity contribution < 1.29 is 14.5 Å². The summed E-state index contributed by atoms with van der Waals surface area (Å²) in [5.74, 6) is -0.430. The van der Waals surface area contributed by atoms with Crippen LogP contribution < -0.4 is 5.32 Å². The summed E-state index contributed by atoms with van der Waals surface area (Å²) < 4.78 is 0. The van der Waals surface area contributed by atoms with Crippen molar-refractivity contribution in [3.8, 4) is 0 Å². The number of hydrogen-bond donors (Lipinski definition) is 1. The highest BCUT2D eigenvalue weighted by Gasteiger charge is 2.28. The van der Waals surface area contributed by atoms with Crippen molar-refractivity contribution in [1.29, 1.82) is 0 Å². The van der Waals surface area contributed by atoms with Crippen LogP contribution in [0.1, 0.15) is 28.8 Å². The quantitative estimate of drug-likeness (QED) is 0.662. The molecule has 0 saturated carbocycles. The number of likely N-dealkylation sites (tertiary alicyclic amines) is 1. The summed E-state index contributed by atoms with van der Waals surface area (Å²) in [7, 11) is 0. The monoisotopic (exact) mass is 367 g/mol. The first-order valence-corrected chi connectivity index (χ1v) is 8.86. The molecule has 3 rings (SSSR count). The third-order valence-corrected chi connectivity index (χ3v) is 4.85. The van der Waals surface area contributed by atoms with Gasteiger partial charge in [-0.15, -0.1) is 0 Å². The van der Waals surface area contributed by atoms with Crippen LogP contribution in [0.5, 0.6) is 0 Å². The number of nitrogens with zero attached hydrogens (tertiary/aromatic N) is 2. The van der Waals surface area contributed by atoms with Crippen molar-refractivity contribution in [3.05, 3.63) is 69.8 Å². The van der Waals surface area contributed by atoms with Crippen molar-refractivity contribution in [2.24, 2.45) is 5.92 Å². The molecule has 1 aliphatic heterocycles. The molecule has 0 unspecified atom stereocenters. The minimum absolute atomic E-state index is 0.0423. The van der Waals surface area contributed by atoms with Crippen molar-refractivity contribution in [1.82, 2.24) is 4.90 Å². The van der Waals surface area contributed by atoms with Gasteiger partial charge in [-0.05, 0) is 38.0 Å². The first-order valence-electron chi connectivity index (χ1n) is 8.86. The number of nitrogens with one attached hydrogen (secondary N) is 1. The van der Waals surface area contributed by atoms with E-state index in [1.54, 1.807) is 24.0 Å². The topological polar surface area (TPSA) is 92.6 Å². The molecule has 1 heterocycles. The van der Waals surface area contributed by atoms with E-state index in [4.69, 9.17) is 0 Å². The van der Waals surface area contributed by atoms with Crippen LogP contribution in [0, 0.1) is 23.0 Å². The van der Waals surface area contributed by atoms with Crippen LogP contribution in [0.25, 0.3) is 0 Å². The molecule has 0 aliphatic carbocycles. The Balaban J connectivity index is 1.60. The van der Waals surface area contributed by atoms with Crippen molar-refractivity contribution >= 4 is 23.2 Å². The number of piperidine rings is 1. The molecule has 2 aromatic rings. The molecular formula is C20H21N3O4. The van der Waals surface area contributed by atoms with E-state index in [0.29, 0.717) is 37.1 Å². The van der Waals surface area contributed by atoms with E-state index in [2.05, 4.69) is 5.32 Å². The van der Waals surface area contributed by atoms with Gasteiger partial charge in [-0.25, -0.2) is 0 Å². The second kappa shape index (κ2) is 7.99. The number of carbonyl (C=O) groups is 2. The zero-order valence-corrected chi connectivity index (χ0v) is 15.1. The standard InChI is InChI=1S/C20H21N3O4/c1-14-7-8-16(13-18(14)23(26)27)20(25)22-11-9-15(10-12-22)19(24)21-17-5-3-2-4-6-17/h2-8,13,15H,9-12H2,1H3,(H,21,24). The minimum atomic E-state index is -0.480. The van der Waals surface area contributed by atoms with Crippen LogP contribution in [0.2, 0.25) is 0 Å². The van der Waals surface area contributed by atoms with Crippen LogP contribution in [0.3, 0.4) is 0 Å². The molecule has 1 saturated heterocycles. The highest BCUT2D eigenvalue weighted by atomic mass is 16.6. The summed E-state index contributed by atoms with van der Waals surface area (Å²) in [6.07, 6.45) is 1.14. The SMILES string of the molecule is Cc1ccc(C(=O)N2CCC(C(=O)Nc3ccccc3)CC2)cc1[N+](=O)[O-]. The Hall–Kier alpha value is -3.22. The lowest BCUT2D eigenvalue weighted by Crippen LogP contribution is -2.41. The highest BCUT2D eigenvalue weighted by Crippen LogP contribution is 2.24. The van der Waals surface area contributed by atoms with Gasteiger partial charge in [0.2, 0.25) is 5.91 Å². The molecule has 7 nitrogen and oxygen atoms in total. The largest absolute Gasteiger partial charge is 0.339 e. The first kappa shape index (κ1) is 18.6. The Morgan fingerprint density at radius 2 is 1.78 bits per heavy atom. The molecule has 0 atom stereocenters. The average Bonchev–Trinajstić information content (AvgIpc) is 2.68. The van der Waals surface area contributed by atoms with Crippen molar-refractivity contribution in [2.75, 3.05) is 18.4 Å². The average molecular weight is 367 g/mol. The van der Waals surface area contributed by atoms with Crippen molar-refractivity contribution in [3.63, 3.8) is 0 Å². The van der Waals surface area contributed by atoms with Gasteiger partial charge in [0.15, 0.2) is 0 Å². The molecule has 1 fully saturated rings. The lowest BCUT2D eigenvalue weighted by molar-refractivity contribution is -0.385. The van der Waals surface area contributed by atoms with Gasteiger partial charge >= 0.3 is 0 Å². The molecule has 0 spiro atoms. The third-order valence-electron chi connectivity index (χ3n) is 4.85. The number of hydrogen-bond acceptors (Lipinski definition) is 4.